The number of anilines is 3. The SMILES string of the molecule is CCCc1c(C2(c3ccc4cc(C(C)C)ccc4c3O)c3ccccc3-c3cc(-c4ccc(N(c5ccccc5)c5ccc(C6(c7ccccc7)c7ccccc7-c7ccccc76)cc5)cc4)ccc32)ccc2cc(C(C)C)ccc12. The number of phenolic OH excluding ortho intramolecular Hbond substituents is 1. The first-order valence-electron chi connectivity index (χ1n) is 29.1. The maximum absolute atomic E-state index is 13.0. The molecule has 2 aliphatic carbocycles. The Kier molecular flexibility index (Phi) is 12.2. The van der Waals surface area contributed by atoms with Gasteiger partial charge in [0.25, 0.3) is 0 Å². The summed E-state index contributed by atoms with van der Waals surface area (Å²) in [5.41, 5.74) is 22.8. The molecule has 0 radical (unpaired) electrons. The van der Waals surface area contributed by atoms with Gasteiger partial charge in [-0.3, -0.25) is 0 Å². The number of phenols is 1. The summed E-state index contributed by atoms with van der Waals surface area (Å²) in [6.07, 6.45) is 1.90. The lowest BCUT2D eigenvalue weighted by Crippen LogP contribution is -2.30. The minimum atomic E-state index is -0.810. The van der Waals surface area contributed by atoms with E-state index in [0.29, 0.717) is 17.6 Å². The fourth-order valence-corrected chi connectivity index (χ4v) is 14.2. The Morgan fingerprint density at radius 3 is 1.40 bits per heavy atom. The Morgan fingerprint density at radius 2 is 0.802 bits per heavy atom. The molecule has 2 aliphatic rings. The summed E-state index contributed by atoms with van der Waals surface area (Å²) in [4.78, 5) is 2.37. The summed E-state index contributed by atoms with van der Waals surface area (Å²) in [5.74, 6) is 1.14. The first kappa shape index (κ1) is 50.0. The Morgan fingerprint density at radius 1 is 0.358 bits per heavy atom. The van der Waals surface area contributed by atoms with Gasteiger partial charge in [0.2, 0.25) is 0 Å². The zero-order valence-electron chi connectivity index (χ0n) is 46.8. The van der Waals surface area contributed by atoms with Crippen LogP contribution in [-0.4, -0.2) is 5.11 Å². The molecule has 0 saturated carbocycles. The lowest BCUT2D eigenvalue weighted by molar-refractivity contribution is 0.467. The van der Waals surface area contributed by atoms with Gasteiger partial charge >= 0.3 is 0 Å². The van der Waals surface area contributed by atoms with E-state index in [2.05, 4.69) is 300 Å². The van der Waals surface area contributed by atoms with E-state index in [9.17, 15) is 5.11 Å². The number of hydrogen-bond acceptors (Lipinski definition) is 2. The predicted molar refractivity (Wildman–Crippen MR) is 340 cm³/mol. The third-order valence-corrected chi connectivity index (χ3v) is 18.0. The highest BCUT2D eigenvalue weighted by Crippen LogP contribution is 2.61. The highest BCUT2D eigenvalue weighted by atomic mass is 16.3. The summed E-state index contributed by atoms with van der Waals surface area (Å²) in [7, 11) is 0. The Hall–Kier alpha value is -9.24. The molecular weight excluding hydrogens is 979 g/mol. The maximum Gasteiger partial charge on any atom is 0.128 e. The van der Waals surface area contributed by atoms with Gasteiger partial charge in [-0.25, -0.2) is 0 Å². The molecule has 12 aromatic carbocycles. The second kappa shape index (κ2) is 19.8. The second-order valence-corrected chi connectivity index (χ2v) is 23.1. The molecule has 0 saturated heterocycles. The van der Waals surface area contributed by atoms with Crippen molar-refractivity contribution in [2.24, 2.45) is 0 Å². The van der Waals surface area contributed by atoms with Crippen molar-refractivity contribution in [3.05, 3.63) is 322 Å². The molecule has 0 aromatic heterocycles. The minimum Gasteiger partial charge on any atom is -0.507 e. The molecule has 0 amide bonds. The zero-order chi connectivity index (χ0) is 55.0. The molecule has 12 aromatic rings. The van der Waals surface area contributed by atoms with Crippen molar-refractivity contribution in [1.82, 2.24) is 0 Å². The fourth-order valence-electron chi connectivity index (χ4n) is 14.2. The molecule has 81 heavy (non-hydrogen) atoms. The Labute approximate surface area is 477 Å². The summed E-state index contributed by atoms with van der Waals surface area (Å²) < 4.78 is 0. The Balaban J connectivity index is 0.900. The van der Waals surface area contributed by atoms with Crippen molar-refractivity contribution in [2.75, 3.05) is 4.90 Å². The third kappa shape index (κ3) is 7.75. The van der Waals surface area contributed by atoms with Gasteiger partial charge in [-0.15, -0.1) is 0 Å². The molecule has 1 atom stereocenters. The normalized spacial score (nSPS) is 14.8. The van der Waals surface area contributed by atoms with E-state index < -0.39 is 10.8 Å². The maximum atomic E-state index is 13.0. The number of nitrogens with zero attached hydrogens (tertiary/aromatic N) is 1. The van der Waals surface area contributed by atoms with Crippen LogP contribution in [-0.2, 0) is 17.3 Å². The standard InChI is InChI=1S/C79H65NO/c1-6-19-66-64-43-32-54(51(2)3)48-57(64)35-46-74(66)79(76-47-36-58-49-55(52(4)5)33-44-65(58)77(76)81)73-29-18-15-26-69(73)70-50-56(34-45-75(70)79)53-30-39-62(40-31-53)80(61-22-11-8-12-23-61)63-41-37-60(38-42-63)78(59-20-9-7-10-21-59)71-27-16-13-24-67(71)68-25-14-17-28-72(68)78/h7-18,20-52,81H,6,19H2,1-5H3. The molecule has 392 valence electrons. The summed E-state index contributed by atoms with van der Waals surface area (Å²) in [6, 6.07) is 96.9. The molecule has 14 rings (SSSR count). The summed E-state index contributed by atoms with van der Waals surface area (Å²) >= 11 is 0. The molecular formula is C79H65NO. The first-order chi connectivity index (χ1) is 39.7. The average Bonchev–Trinajstić information content (AvgIpc) is 4.06. The van der Waals surface area contributed by atoms with Gasteiger partial charge < -0.3 is 10.0 Å². The van der Waals surface area contributed by atoms with Gasteiger partial charge in [0, 0.05) is 28.0 Å². The van der Waals surface area contributed by atoms with E-state index in [0.717, 1.165) is 57.4 Å². The smallest absolute Gasteiger partial charge is 0.128 e. The van der Waals surface area contributed by atoms with E-state index >= 15 is 0 Å². The van der Waals surface area contributed by atoms with E-state index in [4.69, 9.17) is 0 Å². The molecule has 0 spiro atoms. The van der Waals surface area contributed by atoms with Crippen LogP contribution in [0.25, 0.3) is 54.9 Å². The van der Waals surface area contributed by atoms with Crippen LogP contribution in [0.2, 0.25) is 0 Å². The number of fused-ring (bicyclic) bond motifs is 8. The van der Waals surface area contributed by atoms with Crippen molar-refractivity contribution in [2.45, 2.75) is 70.1 Å². The molecule has 1 unspecified atom stereocenters. The largest absolute Gasteiger partial charge is 0.507 e. The molecule has 0 bridgehead atoms. The van der Waals surface area contributed by atoms with E-state index in [-0.39, 0.29) is 0 Å². The molecule has 0 heterocycles. The second-order valence-electron chi connectivity index (χ2n) is 23.1. The van der Waals surface area contributed by atoms with Crippen molar-refractivity contribution in [1.29, 1.82) is 0 Å². The quantitative estimate of drug-likeness (QED) is 0.132. The van der Waals surface area contributed by atoms with Gasteiger partial charge in [-0.1, -0.05) is 259 Å². The van der Waals surface area contributed by atoms with E-state index in [1.807, 2.05) is 0 Å². The fraction of sp³-hybridized carbons (Fsp3) is 0.139. The highest BCUT2D eigenvalue weighted by molar-refractivity contribution is 5.97. The topological polar surface area (TPSA) is 23.5 Å². The monoisotopic (exact) mass is 1040 g/mol. The van der Waals surface area contributed by atoms with Crippen LogP contribution in [0, 0.1) is 0 Å². The Bertz CT molecular complexity index is 4320. The molecule has 0 fully saturated rings. The van der Waals surface area contributed by atoms with Gasteiger partial charge in [-0.05, 0) is 166 Å². The number of aromatic hydroxyl groups is 1. The number of hydrogen-bond donors (Lipinski definition) is 1. The summed E-state index contributed by atoms with van der Waals surface area (Å²) in [6.45, 7) is 11.3. The van der Waals surface area contributed by atoms with Crippen LogP contribution >= 0.6 is 0 Å². The summed E-state index contributed by atoms with van der Waals surface area (Å²) in [5, 5.41) is 17.5. The van der Waals surface area contributed by atoms with Crippen LogP contribution in [0.3, 0.4) is 0 Å². The lowest BCUT2D eigenvalue weighted by Gasteiger charge is -2.37. The minimum absolute atomic E-state index is 0.338. The molecule has 2 heteroatoms. The van der Waals surface area contributed by atoms with Gasteiger partial charge in [0.05, 0.1) is 10.8 Å². The van der Waals surface area contributed by atoms with Gasteiger partial charge in [-0.2, -0.15) is 0 Å². The molecule has 1 N–H and O–H groups in total. The van der Waals surface area contributed by atoms with Crippen molar-refractivity contribution < 1.29 is 5.11 Å². The lowest BCUT2D eigenvalue weighted by atomic mass is 9.65. The van der Waals surface area contributed by atoms with Crippen molar-refractivity contribution >= 4 is 38.6 Å². The zero-order valence-corrected chi connectivity index (χ0v) is 46.8. The predicted octanol–water partition coefficient (Wildman–Crippen LogP) is 20.8. The number of rotatable bonds is 12. The van der Waals surface area contributed by atoms with Crippen LogP contribution in [0.4, 0.5) is 17.1 Å². The molecule has 0 aliphatic heterocycles. The van der Waals surface area contributed by atoms with Gasteiger partial charge in [0.1, 0.15) is 5.75 Å². The highest BCUT2D eigenvalue weighted by Gasteiger charge is 2.49. The number of aryl methyl sites for hydroxylation is 1. The van der Waals surface area contributed by atoms with E-state index in [1.165, 1.54) is 88.7 Å². The average molecular weight is 1040 g/mol. The van der Waals surface area contributed by atoms with Crippen molar-refractivity contribution in [3.63, 3.8) is 0 Å². The molecule has 2 nitrogen and oxygen atoms in total. The number of para-hydroxylation sites is 1. The van der Waals surface area contributed by atoms with E-state index in [1.54, 1.807) is 0 Å². The van der Waals surface area contributed by atoms with Crippen molar-refractivity contribution in [3.8, 4) is 39.1 Å². The third-order valence-electron chi connectivity index (χ3n) is 18.0. The number of benzene rings is 12. The first-order valence-corrected chi connectivity index (χ1v) is 29.1. The van der Waals surface area contributed by atoms with Gasteiger partial charge in [0.15, 0.2) is 0 Å². The van der Waals surface area contributed by atoms with Crippen LogP contribution < -0.4 is 4.90 Å². The van der Waals surface area contributed by atoms with Crippen LogP contribution in [0.1, 0.15) is 114 Å². The van der Waals surface area contributed by atoms with Crippen LogP contribution in [0.5, 0.6) is 5.75 Å². The van der Waals surface area contributed by atoms with Crippen LogP contribution in [0.15, 0.2) is 261 Å².